The number of nitrogens with zero attached hydrogens (tertiary/aromatic N) is 1. The molecule has 1 aliphatic rings. The van der Waals surface area contributed by atoms with E-state index in [2.05, 4.69) is 19.2 Å². The molecule has 0 aromatic carbocycles. The van der Waals surface area contributed by atoms with Crippen LogP contribution in [0.5, 0.6) is 0 Å². The molecule has 2 rings (SSSR count). The number of hydrogen-bond acceptors (Lipinski definition) is 5. The first kappa shape index (κ1) is 13.5. The molecule has 18 heavy (non-hydrogen) atoms. The van der Waals surface area contributed by atoms with Gasteiger partial charge in [-0.15, -0.1) is 0 Å². The van der Waals surface area contributed by atoms with Crippen molar-refractivity contribution in [3.8, 4) is 0 Å². The Bertz CT molecular complexity index is 444. The summed E-state index contributed by atoms with van der Waals surface area (Å²) in [6.45, 7) is 5.03. The number of methoxy groups -OCH3 is 1. The molecule has 1 fully saturated rings. The van der Waals surface area contributed by atoms with Crippen molar-refractivity contribution in [2.75, 3.05) is 7.11 Å². The first-order valence-corrected chi connectivity index (χ1v) is 6.81. The summed E-state index contributed by atoms with van der Waals surface area (Å²) in [5.74, 6) is 0. The second kappa shape index (κ2) is 4.95. The predicted octanol–water partition coefficient (Wildman–Crippen LogP) is 2.56. The number of thiophene rings is 1. The lowest BCUT2D eigenvalue weighted by Crippen LogP contribution is -2.60. The second-order valence-corrected chi connectivity index (χ2v) is 6.15. The Kier molecular flexibility index (Phi) is 3.70. The highest BCUT2D eigenvalue weighted by atomic mass is 32.1. The van der Waals surface area contributed by atoms with Crippen LogP contribution in [-0.2, 0) is 11.3 Å². The van der Waals surface area contributed by atoms with Crippen LogP contribution in [0.4, 0.5) is 5.00 Å². The third kappa shape index (κ3) is 2.41. The van der Waals surface area contributed by atoms with Crippen LogP contribution in [0.1, 0.15) is 25.8 Å². The molecule has 2 unspecified atom stereocenters. The van der Waals surface area contributed by atoms with Crippen LogP contribution < -0.4 is 5.32 Å². The monoisotopic (exact) mass is 270 g/mol. The summed E-state index contributed by atoms with van der Waals surface area (Å²) in [6.07, 6.45) is 1.29. The van der Waals surface area contributed by atoms with E-state index in [1.54, 1.807) is 13.2 Å². The molecular formula is C12H18N2O3S. The molecule has 1 aliphatic carbocycles. The minimum Gasteiger partial charge on any atom is -0.381 e. The van der Waals surface area contributed by atoms with E-state index in [0.29, 0.717) is 18.7 Å². The Morgan fingerprint density at radius 3 is 2.89 bits per heavy atom. The number of ether oxygens (including phenoxy) is 1. The SMILES string of the molecule is COC1CC(NCc2csc([N+](=O)[O-])c2)C1(C)C. The summed E-state index contributed by atoms with van der Waals surface area (Å²) < 4.78 is 5.39. The normalized spacial score (nSPS) is 25.7. The van der Waals surface area contributed by atoms with E-state index in [4.69, 9.17) is 4.74 Å². The summed E-state index contributed by atoms with van der Waals surface area (Å²) in [5, 5.41) is 16.1. The molecule has 0 spiro atoms. The summed E-state index contributed by atoms with van der Waals surface area (Å²) >= 11 is 1.18. The zero-order valence-electron chi connectivity index (χ0n) is 10.8. The Labute approximate surface area is 110 Å². The third-order valence-electron chi connectivity index (χ3n) is 3.83. The van der Waals surface area contributed by atoms with Gasteiger partial charge in [0.05, 0.1) is 11.0 Å². The van der Waals surface area contributed by atoms with E-state index in [9.17, 15) is 10.1 Å². The van der Waals surface area contributed by atoms with Crippen molar-refractivity contribution in [3.63, 3.8) is 0 Å². The topological polar surface area (TPSA) is 64.4 Å². The van der Waals surface area contributed by atoms with E-state index in [0.717, 1.165) is 12.0 Å². The van der Waals surface area contributed by atoms with Crippen molar-refractivity contribution in [3.05, 3.63) is 27.1 Å². The van der Waals surface area contributed by atoms with Gasteiger partial charge in [0.2, 0.25) is 0 Å². The van der Waals surface area contributed by atoms with Gasteiger partial charge in [-0.25, -0.2) is 0 Å². The zero-order chi connectivity index (χ0) is 13.3. The standard InChI is InChI=1S/C12H18N2O3S/c1-12(2)9(5-10(12)17-3)13-6-8-4-11(14(15)16)18-7-8/h4,7,9-10,13H,5-6H2,1-3H3. The van der Waals surface area contributed by atoms with Crippen LogP contribution in [-0.4, -0.2) is 24.2 Å². The van der Waals surface area contributed by atoms with Crippen LogP contribution in [0.3, 0.4) is 0 Å². The van der Waals surface area contributed by atoms with Gasteiger partial charge in [-0.1, -0.05) is 25.2 Å². The average Bonchev–Trinajstić information content (AvgIpc) is 2.76. The highest BCUT2D eigenvalue weighted by Gasteiger charge is 2.48. The Morgan fingerprint density at radius 2 is 2.39 bits per heavy atom. The summed E-state index contributed by atoms with van der Waals surface area (Å²) in [5.41, 5.74) is 1.10. The summed E-state index contributed by atoms with van der Waals surface area (Å²) in [4.78, 5) is 10.2. The lowest BCUT2D eigenvalue weighted by atomic mass is 9.64. The first-order valence-electron chi connectivity index (χ1n) is 5.93. The van der Waals surface area contributed by atoms with Crippen molar-refractivity contribution in [2.24, 2.45) is 5.41 Å². The number of hydrogen-bond donors (Lipinski definition) is 1. The van der Waals surface area contributed by atoms with Gasteiger partial charge >= 0.3 is 5.00 Å². The van der Waals surface area contributed by atoms with E-state index in [-0.39, 0.29) is 15.3 Å². The average molecular weight is 270 g/mol. The van der Waals surface area contributed by atoms with Crippen LogP contribution in [0.15, 0.2) is 11.4 Å². The van der Waals surface area contributed by atoms with Crippen LogP contribution in [0.2, 0.25) is 0 Å². The van der Waals surface area contributed by atoms with Crippen molar-refractivity contribution in [1.82, 2.24) is 5.32 Å². The van der Waals surface area contributed by atoms with E-state index in [1.807, 2.05) is 5.38 Å². The second-order valence-electron chi connectivity index (χ2n) is 5.27. The van der Waals surface area contributed by atoms with Crippen molar-refractivity contribution < 1.29 is 9.66 Å². The van der Waals surface area contributed by atoms with Gasteiger partial charge in [0.1, 0.15) is 0 Å². The highest BCUT2D eigenvalue weighted by Crippen LogP contribution is 2.42. The summed E-state index contributed by atoms with van der Waals surface area (Å²) in [6, 6.07) is 2.04. The smallest absolute Gasteiger partial charge is 0.324 e. The molecule has 6 heteroatoms. The maximum atomic E-state index is 10.6. The van der Waals surface area contributed by atoms with Crippen LogP contribution >= 0.6 is 11.3 Å². The van der Waals surface area contributed by atoms with Gasteiger partial charge < -0.3 is 10.1 Å². The summed E-state index contributed by atoms with van der Waals surface area (Å²) in [7, 11) is 1.74. The van der Waals surface area contributed by atoms with Gasteiger partial charge in [0.25, 0.3) is 0 Å². The minimum atomic E-state index is -0.345. The molecule has 0 aliphatic heterocycles. The Hall–Kier alpha value is -0.980. The largest absolute Gasteiger partial charge is 0.381 e. The molecule has 0 amide bonds. The van der Waals surface area contributed by atoms with Crippen LogP contribution in [0.25, 0.3) is 0 Å². The van der Waals surface area contributed by atoms with Crippen molar-refractivity contribution >= 4 is 16.3 Å². The molecule has 1 saturated carbocycles. The minimum absolute atomic E-state index is 0.122. The molecule has 100 valence electrons. The zero-order valence-corrected chi connectivity index (χ0v) is 11.6. The fraction of sp³-hybridized carbons (Fsp3) is 0.667. The van der Waals surface area contributed by atoms with E-state index >= 15 is 0 Å². The van der Waals surface area contributed by atoms with Gasteiger partial charge in [-0.05, 0) is 12.0 Å². The van der Waals surface area contributed by atoms with Gasteiger partial charge in [-0.3, -0.25) is 10.1 Å². The molecular weight excluding hydrogens is 252 g/mol. The maximum absolute atomic E-state index is 10.6. The molecule has 0 saturated heterocycles. The predicted molar refractivity (Wildman–Crippen MR) is 70.8 cm³/mol. The first-order chi connectivity index (χ1) is 8.45. The van der Waals surface area contributed by atoms with Gasteiger partial charge in [-0.2, -0.15) is 0 Å². The molecule has 1 heterocycles. The van der Waals surface area contributed by atoms with E-state index in [1.165, 1.54) is 11.3 Å². The number of rotatable bonds is 5. The number of nitro groups is 1. The quantitative estimate of drug-likeness (QED) is 0.659. The lowest BCUT2D eigenvalue weighted by molar-refractivity contribution is -0.380. The fourth-order valence-electron chi connectivity index (χ4n) is 2.42. The number of nitrogens with one attached hydrogen (secondary N) is 1. The molecule has 2 atom stereocenters. The molecule has 1 aromatic heterocycles. The van der Waals surface area contributed by atoms with Crippen LogP contribution in [0, 0.1) is 15.5 Å². The van der Waals surface area contributed by atoms with Crippen molar-refractivity contribution in [1.29, 1.82) is 0 Å². The Morgan fingerprint density at radius 1 is 1.67 bits per heavy atom. The third-order valence-corrected chi connectivity index (χ3v) is 4.76. The molecule has 0 radical (unpaired) electrons. The van der Waals surface area contributed by atoms with Crippen molar-refractivity contribution in [2.45, 2.75) is 39.0 Å². The molecule has 0 bridgehead atoms. The molecule has 5 nitrogen and oxygen atoms in total. The lowest BCUT2D eigenvalue weighted by Gasteiger charge is -2.51. The van der Waals surface area contributed by atoms with Gasteiger partial charge in [0, 0.05) is 36.6 Å². The fourth-order valence-corrected chi connectivity index (χ4v) is 3.15. The molecule has 1 N–H and O–H groups in total. The highest BCUT2D eigenvalue weighted by molar-refractivity contribution is 7.13. The maximum Gasteiger partial charge on any atom is 0.324 e. The van der Waals surface area contributed by atoms with E-state index < -0.39 is 0 Å². The Balaban J connectivity index is 1.87. The molecule has 1 aromatic rings. The van der Waals surface area contributed by atoms with Gasteiger partial charge in [0.15, 0.2) is 0 Å².